The lowest BCUT2D eigenvalue weighted by atomic mass is 10.1. The molecule has 0 heterocycles. The molecular formula is C15H28. The molecule has 0 heteroatoms. The van der Waals surface area contributed by atoms with E-state index < -0.39 is 0 Å². The minimum atomic E-state index is 1.20. The van der Waals surface area contributed by atoms with E-state index in [2.05, 4.69) is 26.5 Å². The highest BCUT2D eigenvalue weighted by Crippen LogP contribution is 2.10. The Morgan fingerprint density at radius 3 is 1.73 bits per heavy atom. The SMILES string of the molecule is C=CCCCCCCCCCC=C(C)C. The topological polar surface area (TPSA) is 0 Å². The van der Waals surface area contributed by atoms with Crippen molar-refractivity contribution in [2.75, 3.05) is 0 Å². The molecule has 0 aliphatic heterocycles. The molecule has 0 rings (SSSR count). The first kappa shape index (κ1) is 14.5. The zero-order chi connectivity index (χ0) is 11.4. The van der Waals surface area contributed by atoms with Crippen molar-refractivity contribution in [2.24, 2.45) is 0 Å². The Hall–Kier alpha value is -0.520. The fraction of sp³-hybridized carbons (Fsp3) is 0.733. The maximum atomic E-state index is 3.74. The van der Waals surface area contributed by atoms with Crippen LogP contribution in [0.4, 0.5) is 0 Å². The van der Waals surface area contributed by atoms with Crippen LogP contribution in [0.3, 0.4) is 0 Å². The zero-order valence-corrected chi connectivity index (χ0v) is 10.7. The maximum absolute atomic E-state index is 3.74. The Labute approximate surface area is 96.5 Å². The summed E-state index contributed by atoms with van der Waals surface area (Å²) in [5, 5.41) is 0. The van der Waals surface area contributed by atoms with Gasteiger partial charge in [0.25, 0.3) is 0 Å². The van der Waals surface area contributed by atoms with E-state index >= 15 is 0 Å². The molecule has 0 N–H and O–H groups in total. The largest absolute Gasteiger partial charge is 0.103 e. The van der Waals surface area contributed by atoms with E-state index in [1.165, 1.54) is 63.4 Å². The van der Waals surface area contributed by atoms with Gasteiger partial charge in [0.15, 0.2) is 0 Å². The summed E-state index contributed by atoms with van der Waals surface area (Å²) >= 11 is 0. The summed E-state index contributed by atoms with van der Waals surface area (Å²) in [5.41, 5.74) is 1.46. The molecule has 0 spiro atoms. The molecule has 0 bridgehead atoms. The van der Waals surface area contributed by atoms with Crippen molar-refractivity contribution in [1.29, 1.82) is 0 Å². The quantitative estimate of drug-likeness (QED) is 0.321. The van der Waals surface area contributed by atoms with Gasteiger partial charge in [-0.15, -0.1) is 6.58 Å². The lowest BCUT2D eigenvalue weighted by molar-refractivity contribution is 0.583. The van der Waals surface area contributed by atoms with E-state index in [4.69, 9.17) is 0 Å². The molecule has 88 valence electrons. The van der Waals surface area contributed by atoms with Gasteiger partial charge in [0.05, 0.1) is 0 Å². The second-order valence-corrected chi connectivity index (χ2v) is 4.62. The summed E-state index contributed by atoms with van der Waals surface area (Å²) in [6, 6.07) is 0. The van der Waals surface area contributed by atoms with Crippen LogP contribution in [0.2, 0.25) is 0 Å². The molecule has 0 radical (unpaired) electrons. The number of hydrogen-bond acceptors (Lipinski definition) is 0. The molecule has 0 nitrogen and oxygen atoms in total. The van der Waals surface area contributed by atoms with Gasteiger partial charge < -0.3 is 0 Å². The highest BCUT2D eigenvalue weighted by molar-refractivity contribution is 4.92. The molecule has 0 aliphatic rings. The first-order chi connectivity index (χ1) is 7.27. The lowest BCUT2D eigenvalue weighted by Crippen LogP contribution is -1.80. The third-order valence-electron chi connectivity index (χ3n) is 2.66. The van der Waals surface area contributed by atoms with Crippen LogP contribution in [0, 0.1) is 0 Å². The van der Waals surface area contributed by atoms with Crippen LogP contribution in [-0.4, -0.2) is 0 Å². The third-order valence-corrected chi connectivity index (χ3v) is 2.66. The van der Waals surface area contributed by atoms with Crippen molar-refractivity contribution in [3.63, 3.8) is 0 Å². The predicted molar refractivity (Wildman–Crippen MR) is 71.2 cm³/mol. The smallest absolute Gasteiger partial charge is 0.0348 e. The van der Waals surface area contributed by atoms with Crippen molar-refractivity contribution < 1.29 is 0 Å². The molecule has 0 unspecified atom stereocenters. The van der Waals surface area contributed by atoms with Crippen LogP contribution in [0.15, 0.2) is 24.3 Å². The van der Waals surface area contributed by atoms with Gasteiger partial charge in [-0.1, -0.05) is 49.8 Å². The van der Waals surface area contributed by atoms with Crippen LogP contribution in [0.1, 0.15) is 71.6 Å². The number of allylic oxidation sites excluding steroid dienone is 3. The van der Waals surface area contributed by atoms with Gasteiger partial charge >= 0.3 is 0 Å². The Morgan fingerprint density at radius 1 is 0.800 bits per heavy atom. The van der Waals surface area contributed by atoms with E-state index in [9.17, 15) is 0 Å². The molecule has 0 saturated heterocycles. The fourth-order valence-electron chi connectivity index (χ4n) is 1.71. The maximum Gasteiger partial charge on any atom is -0.0348 e. The van der Waals surface area contributed by atoms with Crippen molar-refractivity contribution in [3.8, 4) is 0 Å². The minimum Gasteiger partial charge on any atom is -0.103 e. The van der Waals surface area contributed by atoms with E-state index in [0.717, 1.165) is 0 Å². The second kappa shape index (κ2) is 11.6. The van der Waals surface area contributed by atoms with Gasteiger partial charge in [-0.2, -0.15) is 0 Å². The first-order valence-corrected chi connectivity index (χ1v) is 6.51. The van der Waals surface area contributed by atoms with Crippen LogP contribution in [0.25, 0.3) is 0 Å². The van der Waals surface area contributed by atoms with Gasteiger partial charge in [-0.3, -0.25) is 0 Å². The molecule has 0 amide bonds. The van der Waals surface area contributed by atoms with E-state index in [0.29, 0.717) is 0 Å². The summed E-state index contributed by atoms with van der Waals surface area (Å²) in [6.45, 7) is 8.10. The average Bonchev–Trinajstić information content (AvgIpc) is 2.20. The number of hydrogen-bond donors (Lipinski definition) is 0. The van der Waals surface area contributed by atoms with Crippen LogP contribution >= 0.6 is 0 Å². The van der Waals surface area contributed by atoms with E-state index in [-0.39, 0.29) is 0 Å². The molecule has 0 aliphatic carbocycles. The monoisotopic (exact) mass is 208 g/mol. The second-order valence-electron chi connectivity index (χ2n) is 4.62. The summed E-state index contributed by atoms with van der Waals surface area (Å²) in [7, 11) is 0. The number of rotatable bonds is 10. The van der Waals surface area contributed by atoms with Gasteiger partial charge in [0, 0.05) is 0 Å². The number of unbranched alkanes of at least 4 members (excludes halogenated alkanes) is 8. The van der Waals surface area contributed by atoms with Gasteiger partial charge in [0.1, 0.15) is 0 Å². The zero-order valence-electron chi connectivity index (χ0n) is 10.7. The fourth-order valence-corrected chi connectivity index (χ4v) is 1.71. The molecule has 15 heavy (non-hydrogen) atoms. The first-order valence-electron chi connectivity index (χ1n) is 6.51. The summed E-state index contributed by atoms with van der Waals surface area (Å²) in [5.74, 6) is 0. The Balaban J connectivity index is 2.99. The summed E-state index contributed by atoms with van der Waals surface area (Å²) in [6.07, 6.45) is 16.6. The molecule has 0 aromatic rings. The Morgan fingerprint density at radius 2 is 1.27 bits per heavy atom. The van der Waals surface area contributed by atoms with Crippen molar-refractivity contribution in [1.82, 2.24) is 0 Å². The summed E-state index contributed by atoms with van der Waals surface area (Å²) in [4.78, 5) is 0. The van der Waals surface area contributed by atoms with Crippen LogP contribution in [-0.2, 0) is 0 Å². The predicted octanol–water partition coefficient (Wildman–Crippen LogP) is 5.65. The van der Waals surface area contributed by atoms with Crippen molar-refractivity contribution >= 4 is 0 Å². The molecule has 0 aromatic carbocycles. The molecule has 0 saturated carbocycles. The van der Waals surface area contributed by atoms with Gasteiger partial charge in [-0.25, -0.2) is 0 Å². The molecule has 0 fully saturated rings. The van der Waals surface area contributed by atoms with E-state index in [1.807, 2.05) is 6.08 Å². The van der Waals surface area contributed by atoms with Crippen molar-refractivity contribution in [3.05, 3.63) is 24.3 Å². The Bertz CT molecular complexity index is 161. The van der Waals surface area contributed by atoms with Crippen LogP contribution < -0.4 is 0 Å². The average molecular weight is 208 g/mol. The van der Waals surface area contributed by atoms with Gasteiger partial charge in [0.2, 0.25) is 0 Å². The molecule has 0 atom stereocenters. The Kier molecular flexibility index (Phi) is 11.2. The molecule has 0 aromatic heterocycles. The molecular weight excluding hydrogens is 180 g/mol. The van der Waals surface area contributed by atoms with E-state index in [1.54, 1.807) is 0 Å². The highest BCUT2D eigenvalue weighted by Gasteiger charge is 1.90. The van der Waals surface area contributed by atoms with Crippen molar-refractivity contribution in [2.45, 2.75) is 71.6 Å². The third kappa shape index (κ3) is 13.5. The standard InChI is InChI=1S/C15H28/c1-4-5-6-7-8-9-10-11-12-13-14-15(2)3/h4,14H,1,5-13H2,2-3H3. The highest BCUT2D eigenvalue weighted by atomic mass is 14.0. The lowest BCUT2D eigenvalue weighted by Gasteiger charge is -2.00. The minimum absolute atomic E-state index is 1.20. The summed E-state index contributed by atoms with van der Waals surface area (Å²) < 4.78 is 0. The van der Waals surface area contributed by atoms with Gasteiger partial charge in [-0.05, 0) is 39.5 Å². The van der Waals surface area contributed by atoms with Crippen LogP contribution in [0.5, 0.6) is 0 Å². The normalized spacial score (nSPS) is 10.0.